The van der Waals surface area contributed by atoms with Gasteiger partial charge in [0.1, 0.15) is 11.4 Å². The Hall–Kier alpha value is -2.87. The highest BCUT2D eigenvalue weighted by Crippen LogP contribution is 2.33. The van der Waals surface area contributed by atoms with Crippen LogP contribution in [0.2, 0.25) is 0 Å². The highest BCUT2D eigenvalue weighted by Gasteiger charge is 2.20. The number of hydrogen-bond donors (Lipinski definition) is 1. The zero-order valence-corrected chi connectivity index (χ0v) is 16.6. The standard InChI is InChI=1S/C20H21N3O4S/c1-26-14-8-7-12(9-15(14)27-2)22-17(24)10-23-11-21-19-18(20(23)25)13-5-3-4-6-16(13)28-19/h7-9,11H,3-6,10H2,1-2H3,(H,22,24). The molecule has 1 aliphatic rings. The summed E-state index contributed by atoms with van der Waals surface area (Å²) in [5, 5.41) is 3.47. The molecule has 0 radical (unpaired) electrons. The van der Waals surface area contributed by atoms with Gasteiger partial charge < -0.3 is 14.8 Å². The summed E-state index contributed by atoms with van der Waals surface area (Å²) in [6.45, 7) is -0.0965. The van der Waals surface area contributed by atoms with Crippen molar-refractivity contribution in [3.8, 4) is 11.5 Å². The summed E-state index contributed by atoms with van der Waals surface area (Å²) in [4.78, 5) is 31.9. The van der Waals surface area contributed by atoms with Gasteiger partial charge in [-0.3, -0.25) is 14.2 Å². The number of hydrogen-bond acceptors (Lipinski definition) is 6. The van der Waals surface area contributed by atoms with Gasteiger partial charge in [0.2, 0.25) is 5.91 Å². The maximum absolute atomic E-state index is 12.9. The predicted octanol–water partition coefficient (Wildman–Crippen LogP) is 2.99. The SMILES string of the molecule is COc1ccc(NC(=O)Cn2cnc3sc4c(c3c2=O)CCCC4)cc1OC. The molecule has 28 heavy (non-hydrogen) atoms. The Morgan fingerprint density at radius 2 is 2.00 bits per heavy atom. The zero-order chi connectivity index (χ0) is 19.7. The number of benzene rings is 1. The van der Waals surface area contributed by atoms with Crippen LogP contribution in [0.15, 0.2) is 29.3 Å². The van der Waals surface area contributed by atoms with Crippen LogP contribution in [0.3, 0.4) is 0 Å². The number of methoxy groups -OCH3 is 2. The largest absolute Gasteiger partial charge is 0.493 e. The van der Waals surface area contributed by atoms with E-state index in [0.29, 0.717) is 22.6 Å². The molecule has 1 amide bonds. The second-order valence-electron chi connectivity index (χ2n) is 6.69. The Morgan fingerprint density at radius 1 is 1.21 bits per heavy atom. The minimum absolute atomic E-state index is 0.0965. The highest BCUT2D eigenvalue weighted by atomic mass is 32.1. The van der Waals surface area contributed by atoms with E-state index in [2.05, 4.69) is 10.3 Å². The molecular formula is C20H21N3O4S. The molecule has 2 heterocycles. The number of aryl methyl sites for hydroxylation is 2. The van der Waals surface area contributed by atoms with Gasteiger partial charge in [-0.05, 0) is 43.4 Å². The lowest BCUT2D eigenvalue weighted by Crippen LogP contribution is -2.28. The number of thiophene rings is 1. The molecule has 0 bridgehead atoms. The van der Waals surface area contributed by atoms with Gasteiger partial charge in [-0.15, -0.1) is 11.3 Å². The topological polar surface area (TPSA) is 82.5 Å². The number of nitrogens with one attached hydrogen (secondary N) is 1. The van der Waals surface area contributed by atoms with Crippen LogP contribution in [0, 0.1) is 0 Å². The van der Waals surface area contributed by atoms with Crippen LogP contribution in [-0.2, 0) is 24.2 Å². The fraction of sp³-hybridized carbons (Fsp3) is 0.350. The lowest BCUT2D eigenvalue weighted by atomic mass is 9.97. The number of anilines is 1. The van der Waals surface area contributed by atoms with Crippen molar-refractivity contribution < 1.29 is 14.3 Å². The van der Waals surface area contributed by atoms with Crippen molar-refractivity contribution in [3.05, 3.63) is 45.3 Å². The minimum Gasteiger partial charge on any atom is -0.493 e. The first kappa shape index (κ1) is 18.5. The molecule has 0 spiro atoms. The Labute approximate surface area is 165 Å². The molecule has 2 aromatic heterocycles. The monoisotopic (exact) mass is 399 g/mol. The van der Waals surface area contributed by atoms with Gasteiger partial charge in [-0.1, -0.05) is 0 Å². The van der Waals surface area contributed by atoms with E-state index in [-0.39, 0.29) is 18.0 Å². The van der Waals surface area contributed by atoms with Gasteiger partial charge in [-0.25, -0.2) is 4.98 Å². The van der Waals surface area contributed by atoms with E-state index in [4.69, 9.17) is 9.47 Å². The summed E-state index contributed by atoms with van der Waals surface area (Å²) >= 11 is 1.60. The summed E-state index contributed by atoms with van der Waals surface area (Å²) in [5.74, 6) is 0.790. The van der Waals surface area contributed by atoms with Crippen LogP contribution < -0.4 is 20.3 Å². The fourth-order valence-corrected chi connectivity index (χ4v) is 4.78. The van der Waals surface area contributed by atoms with Crippen LogP contribution in [0.1, 0.15) is 23.3 Å². The predicted molar refractivity (Wildman–Crippen MR) is 109 cm³/mol. The first-order chi connectivity index (χ1) is 13.6. The van der Waals surface area contributed by atoms with Crippen LogP contribution in [-0.4, -0.2) is 29.7 Å². The summed E-state index contributed by atoms with van der Waals surface area (Å²) in [7, 11) is 3.08. The van der Waals surface area contributed by atoms with Crippen molar-refractivity contribution >= 4 is 33.1 Å². The summed E-state index contributed by atoms with van der Waals surface area (Å²) in [5.41, 5.74) is 1.54. The molecule has 0 aliphatic heterocycles. The van der Waals surface area contributed by atoms with Gasteiger partial charge in [0.15, 0.2) is 11.5 Å². The second kappa shape index (κ2) is 7.63. The van der Waals surface area contributed by atoms with Gasteiger partial charge in [-0.2, -0.15) is 0 Å². The Morgan fingerprint density at radius 3 is 2.79 bits per heavy atom. The third-order valence-electron chi connectivity index (χ3n) is 4.92. The number of rotatable bonds is 5. The van der Waals surface area contributed by atoms with Crippen LogP contribution in [0.5, 0.6) is 11.5 Å². The third kappa shape index (κ3) is 3.35. The van der Waals surface area contributed by atoms with Gasteiger partial charge in [0, 0.05) is 16.6 Å². The minimum atomic E-state index is -0.306. The molecule has 1 aromatic carbocycles. The summed E-state index contributed by atoms with van der Waals surface area (Å²) in [6, 6.07) is 5.11. The molecule has 4 rings (SSSR count). The molecule has 7 nitrogen and oxygen atoms in total. The Bertz CT molecular complexity index is 1100. The van der Waals surface area contributed by atoms with E-state index in [9.17, 15) is 9.59 Å². The van der Waals surface area contributed by atoms with E-state index >= 15 is 0 Å². The van der Waals surface area contributed by atoms with Crippen molar-refractivity contribution in [2.45, 2.75) is 32.2 Å². The third-order valence-corrected chi connectivity index (χ3v) is 6.12. The second-order valence-corrected chi connectivity index (χ2v) is 7.77. The smallest absolute Gasteiger partial charge is 0.262 e. The molecule has 0 saturated carbocycles. The van der Waals surface area contributed by atoms with Crippen molar-refractivity contribution in [1.82, 2.24) is 9.55 Å². The highest BCUT2D eigenvalue weighted by molar-refractivity contribution is 7.18. The molecule has 0 fully saturated rings. The first-order valence-electron chi connectivity index (χ1n) is 9.12. The summed E-state index contributed by atoms with van der Waals surface area (Å²) in [6.07, 6.45) is 5.62. The van der Waals surface area contributed by atoms with E-state index in [1.54, 1.807) is 36.6 Å². The first-order valence-corrected chi connectivity index (χ1v) is 9.94. The molecule has 1 N–H and O–H groups in total. The van der Waals surface area contributed by atoms with Crippen LogP contribution >= 0.6 is 11.3 Å². The number of carbonyl (C=O) groups is 1. The Balaban J connectivity index is 1.57. The van der Waals surface area contributed by atoms with E-state index in [0.717, 1.165) is 36.1 Å². The van der Waals surface area contributed by atoms with Gasteiger partial charge in [0.05, 0.1) is 25.9 Å². The van der Waals surface area contributed by atoms with Crippen molar-refractivity contribution in [2.24, 2.45) is 0 Å². The fourth-order valence-electron chi connectivity index (χ4n) is 3.56. The van der Waals surface area contributed by atoms with Gasteiger partial charge in [0.25, 0.3) is 5.56 Å². The quantitative estimate of drug-likeness (QED) is 0.713. The molecule has 0 unspecified atom stereocenters. The zero-order valence-electron chi connectivity index (χ0n) is 15.8. The van der Waals surface area contributed by atoms with Crippen LogP contribution in [0.4, 0.5) is 5.69 Å². The van der Waals surface area contributed by atoms with E-state index < -0.39 is 0 Å². The van der Waals surface area contributed by atoms with Crippen molar-refractivity contribution in [3.63, 3.8) is 0 Å². The molecule has 0 atom stereocenters. The number of ether oxygens (including phenoxy) is 2. The molecule has 146 valence electrons. The maximum Gasteiger partial charge on any atom is 0.262 e. The lowest BCUT2D eigenvalue weighted by molar-refractivity contribution is -0.116. The summed E-state index contributed by atoms with van der Waals surface area (Å²) < 4.78 is 11.8. The average Bonchev–Trinajstić information content (AvgIpc) is 3.09. The number of aromatic nitrogens is 2. The number of fused-ring (bicyclic) bond motifs is 3. The number of amides is 1. The maximum atomic E-state index is 12.9. The lowest BCUT2D eigenvalue weighted by Gasteiger charge is -2.12. The number of carbonyl (C=O) groups excluding carboxylic acids is 1. The van der Waals surface area contributed by atoms with Crippen molar-refractivity contribution in [2.75, 3.05) is 19.5 Å². The van der Waals surface area contributed by atoms with Crippen LogP contribution in [0.25, 0.3) is 10.2 Å². The molecule has 1 aliphatic carbocycles. The Kier molecular flexibility index (Phi) is 5.04. The molecule has 0 saturated heterocycles. The van der Waals surface area contributed by atoms with Crippen molar-refractivity contribution in [1.29, 1.82) is 0 Å². The number of nitrogens with zero attached hydrogens (tertiary/aromatic N) is 2. The average molecular weight is 399 g/mol. The molecular weight excluding hydrogens is 378 g/mol. The normalized spacial score (nSPS) is 13.2. The molecule has 3 aromatic rings. The molecule has 8 heteroatoms. The van der Waals surface area contributed by atoms with E-state index in [1.807, 2.05) is 0 Å². The van der Waals surface area contributed by atoms with E-state index in [1.165, 1.54) is 22.9 Å². The van der Waals surface area contributed by atoms with Gasteiger partial charge >= 0.3 is 0 Å².